The third-order valence-electron chi connectivity index (χ3n) is 2.92. The summed E-state index contributed by atoms with van der Waals surface area (Å²) in [5.41, 5.74) is 0. The summed E-state index contributed by atoms with van der Waals surface area (Å²) >= 11 is 0. The number of carbonyl (C=O) groups is 1. The lowest BCUT2D eigenvalue weighted by molar-refractivity contribution is -0.142. The van der Waals surface area contributed by atoms with Crippen molar-refractivity contribution in [2.24, 2.45) is 0 Å². The van der Waals surface area contributed by atoms with Crippen LogP contribution in [0.15, 0.2) is 23.1 Å². The van der Waals surface area contributed by atoms with Crippen molar-refractivity contribution in [1.29, 1.82) is 0 Å². The molecule has 110 valence electrons. The zero-order valence-corrected chi connectivity index (χ0v) is 12.4. The molecule has 0 radical (unpaired) electrons. The molecule has 1 aromatic rings. The average molecular weight is 298 g/mol. The largest absolute Gasteiger partial charge is 0.486 e. The van der Waals surface area contributed by atoms with Gasteiger partial charge in [0.05, 0.1) is 17.4 Å². The lowest BCUT2D eigenvalue weighted by Crippen LogP contribution is -2.27. The van der Waals surface area contributed by atoms with Gasteiger partial charge in [0.15, 0.2) is 11.5 Å². The van der Waals surface area contributed by atoms with E-state index in [1.165, 1.54) is 0 Å². The fraction of sp³-hybridized carbons (Fsp3) is 0.500. The molecule has 0 fully saturated rings. The molecule has 1 aromatic carbocycles. The summed E-state index contributed by atoms with van der Waals surface area (Å²) in [6, 6.07) is 5.09. The molecule has 0 N–H and O–H groups in total. The molecule has 0 aromatic heterocycles. The van der Waals surface area contributed by atoms with Crippen LogP contribution in [-0.2, 0) is 20.3 Å². The van der Waals surface area contributed by atoms with Crippen LogP contribution in [-0.4, -0.2) is 35.2 Å². The van der Waals surface area contributed by atoms with Crippen LogP contribution in [0.25, 0.3) is 0 Å². The maximum atomic E-state index is 12.5. The van der Waals surface area contributed by atoms with Gasteiger partial charge in [-0.2, -0.15) is 0 Å². The first-order valence-electron chi connectivity index (χ1n) is 6.64. The molecule has 0 bridgehead atoms. The standard InChI is InChI=1S/C14H18O5S/c1-3-13(14(15)17-4-2)20(16)10-5-6-11-12(9-10)19-8-7-18-11/h5-6,9,13H,3-4,7-8H2,1-2H3. The Kier molecular flexibility index (Phi) is 5.00. The highest BCUT2D eigenvalue weighted by Crippen LogP contribution is 2.32. The average Bonchev–Trinajstić information content (AvgIpc) is 2.47. The van der Waals surface area contributed by atoms with Gasteiger partial charge in [0.1, 0.15) is 18.5 Å². The quantitative estimate of drug-likeness (QED) is 0.777. The molecule has 2 unspecified atom stereocenters. The van der Waals surface area contributed by atoms with Crippen molar-refractivity contribution in [1.82, 2.24) is 0 Å². The highest BCUT2D eigenvalue weighted by atomic mass is 32.2. The minimum Gasteiger partial charge on any atom is -0.486 e. The number of hydrogen-bond donors (Lipinski definition) is 0. The minimum absolute atomic E-state index is 0.285. The first kappa shape index (κ1) is 14.8. The van der Waals surface area contributed by atoms with Crippen molar-refractivity contribution in [3.63, 3.8) is 0 Å². The lowest BCUT2D eigenvalue weighted by Gasteiger charge is -2.19. The second-order valence-electron chi connectivity index (χ2n) is 4.25. The number of esters is 1. The Balaban J connectivity index is 2.21. The monoisotopic (exact) mass is 298 g/mol. The van der Waals surface area contributed by atoms with Crippen molar-refractivity contribution in [2.75, 3.05) is 19.8 Å². The molecule has 0 saturated heterocycles. The molecule has 2 rings (SSSR count). The van der Waals surface area contributed by atoms with E-state index < -0.39 is 22.0 Å². The Bertz CT molecular complexity index is 514. The fourth-order valence-corrected chi connectivity index (χ4v) is 3.25. The van der Waals surface area contributed by atoms with Gasteiger partial charge < -0.3 is 14.2 Å². The summed E-state index contributed by atoms with van der Waals surface area (Å²) in [4.78, 5) is 12.4. The highest BCUT2D eigenvalue weighted by Gasteiger charge is 2.27. The van der Waals surface area contributed by atoms with E-state index >= 15 is 0 Å². The summed E-state index contributed by atoms with van der Waals surface area (Å²) < 4.78 is 28.3. The van der Waals surface area contributed by atoms with Gasteiger partial charge in [0.2, 0.25) is 0 Å². The Hall–Kier alpha value is -1.56. The van der Waals surface area contributed by atoms with E-state index in [0.29, 0.717) is 36.0 Å². The molecule has 2 atom stereocenters. The van der Waals surface area contributed by atoms with Crippen LogP contribution in [0.2, 0.25) is 0 Å². The van der Waals surface area contributed by atoms with Crippen LogP contribution in [0.3, 0.4) is 0 Å². The summed E-state index contributed by atoms with van der Waals surface area (Å²) in [6.45, 7) is 4.82. The lowest BCUT2D eigenvalue weighted by atomic mass is 10.3. The van der Waals surface area contributed by atoms with Crippen LogP contribution in [0.5, 0.6) is 11.5 Å². The van der Waals surface area contributed by atoms with E-state index in [0.717, 1.165) is 0 Å². The van der Waals surface area contributed by atoms with Crippen molar-refractivity contribution < 1.29 is 23.2 Å². The van der Waals surface area contributed by atoms with Crippen molar-refractivity contribution in [3.05, 3.63) is 18.2 Å². The molecule has 0 amide bonds. The van der Waals surface area contributed by atoms with E-state index in [1.54, 1.807) is 25.1 Å². The van der Waals surface area contributed by atoms with E-state index in [9.17, 15) is 9.00 Å². The molecule has 1 heterocycles. The molecule has 0 aliphatic carbocycles. The van der Waals surface area contributed by atoms with Crippen LogP contribution in [0.4, 0.5) is 0 Å². The van der Waals surface area contributed by atoms with Gasteiger partial charge in [0, 0.05) is 11.0 Å². The molecule has 5 nitrogen and oxygen atoms in total. The van der Waals surface area contributed by atoms with Gasteiger partial charge in [-0.25, -0.2) is 0 Å². The summed E-state index contributed by atoms with van der Waals surface area (Å²) in [5.74, 6) is 0.783. The summed E-state index contributed by atoms with van der Waals surface area (Å²) in [6.07, 6.45) is 0.458. The van der Waals surface area contributed by atoms with Crippen molar-refractivity contribution in [2.45, 2.75) is 30.4 Å². The maximum absolute atomic E-state index is 12.5. The van der Waals surface area contributed by atoms with E-state index in [2.05, 4.69) is 0 Å². The third kappa shape index (κ3) is 3.12. The Morgan fingerprint density at radius 2 is 2.00 bits per heavy atom. The molecule has 20 heavy (non-hydrogen) atoms. The van der Waals surface area contributed by atoms with Crippen LogP contribution >= 0.6 is 0 Å². The maximum Gasteiger partial charge on any atom is 0.322 e. The van der Waals surface area contributed by atoms with Gasteiger partial charge in [-0.3, -0.25) is 9.00 Å². The van der Waals surface area contributed by atoms with Crippen LogP contribution in [0.1, 0.15) is 20.3 Å². The van der Waals surface area contributed by atoms with Gasteiger partial charge in [-0.05, 0) is 25.5 Å². The second-order valence-corrected chi connectivity index (χ2v) is 5.89. The third-order valence-corrected chi connectivity index (χ3v) is 4.69. The van der Waals surface area contributed by atoms with E-state index in [1.807, 2.05) is 6.92 Å². The number of rotatable bonds is 5. The molecule has 0 spiro atoms. The van der Waals surface area contributed by atoms with Gasteiger partial charge in [0.25, 0.3) is 0 Å². The predicted molar refractivity (Wildman–Crippen MR) is 74.6 cm³/mol. The minimum atomic E-state index is -1.46. The molecule has 1 aliphatic rings. The smallest absolute Gasteiger partial charge is 0.322 e. The molecule has 0 saturated carbocycles. The number of ether oxygens (including phenoxy) is 3. The molecular formula is C14H18O5S. The second kappa shape index (κ2) is 6.74. The summed E-state index contributed by atoms with van der Waals surface area (Å²) in [5, 5.41) is -0.655. The van der Waals surface area contributed by atoms with Gasteiger partial charge in [-0.15, -0.1) is 0 Å². The Morgan fingerprint density at radius 3 is 2.65 bits per heavy atom. The first-order valence-corrected chi connectivity index (χ1v) is 7.85. The normalized spacial score (nSPS) is 16.3. The molecular weight excluding hydrogens is 280 g/mol. The topological polar surface area (TPSA) is 61.8 Å². The number of benzene rings is 1. The van der Waals surface area contributed by atoms with Crippen LogP contribution in [0, 0.1) is 0 Å². The van der Waals surface area contributed by atoms with Gasteiger partial charge >= 0.3 is 5.97 Å². The Labute approximate surface area is 120 Å². The molecule has 6 heteroatoms. The van der Waals surface area contributed by atoms with Crippen LogP contribution < -0.4 is 9.47 Å². The van der Waals surface area contributed by atoms with E-state index in [4.69, 9.17) is 14.2 Å². The highest BCUT2D eigenvalue weighted by molar-refractivity contribution is 7.86. The SMILES string of the molecule is CCOC(=O)C(CC)S(=O)c1ccc2c(c1)OCCO2. The molecule has 1 aliphatic heterocycles. The fourth-order valence-electron chi connectivity index (χ4n) is 1.95. The van der Waals surface area contributed by atoms with Crippen molar-refractivity contribution >= 4 is 16.8 Å². The number of carbonyl (C=O) groups excluding carboxylic acids is 1. The predicted octanol–water partition coefficient (Wildman–Crippen LogP) is 1.91. The first-order chi connectivity index (χ1) is 9.67. The zero-order chi connectivity index (χ0) is 14.5. The number of fused-ring (bicyclic) bond motifs is 1. The zero-order valence-electron chi connectivity index (χ0n) is 11.6. The van der Waals surface area contributed by atoms with E-state index in [-0.39, 0.29) is 6.61 Å². The summed E-state index contributed by atoms with van der Waals surface area (Å²) in [7, 11) is -1.46. The Morgan fingerprint density at radius 1 is 1.30 bits per heavy atom. The number of hydrogen-bond acceptors (Lipinski definition) is 5. The van der Waals surface area contributed by atoms with Gasteiger partial charge in [-0.1, -0.05) is 6.92 Å². The van der Waals surface area contributed by atoms with Crippen molar-refractivity contribution in [3.8, 4) is 11.5 Å².